The van der Waals surface area contributed by atoms with E-state index in [1.54, 1.807) is 0 Å². The van der Waals surface area contributed by atoms with Crippen molar-refractivity contribution >= 4 is 22.8 Å². The Morgan fingerprint density at radius 3 is 2.44 bits per heavy atom. The third-order valence-electron chi connectivity index (χ3n) is 2.84. The van der Waals surface area contributed by atoms with Crippen LogP contribution in [0.25, 0.3) is 0 Å². The second kappa shape index (κ2) is 7.48. The maximum atomic E-state index is 11.0. The number of aldehydes is 1. The van der Waals surface area contributed by atoms with Crippen LogP contribution >= 0.6 is 11.3 Å². The largest absolute Gasteiger partial charge is 0.348 e. The van der Waals surface area contributed by atoms with Crippen molar-refractivity contribution in [3.05, 3.63) is 10.6 Å². The Labute approximate surface area is 114 Å². The highest BCUT2D eigenvalue weighted by Gasteiger charge is 2.13. The smallest absolute Gasteiger partial charge is 0.186 e. The molecule has 4 nitrogen and oxygen atoms in total. The van der Waals surface area contributed by atoms with E-state index in [9.17, 15) is 4.79 Å². The summed E-state index contributed by atoms with van der Waals surface area (Å²) in [6.07, 6.45) is 2.85. The zero-order chi connectivity index (χ0) is 13.5. The van der Waals surface area contributed by atoms with Crippen molar-refractivity contribution in [3.63, 3.8) is 0 Å². The van der Waals surface area contributed by atoms with Crippen LogP contribution in [0.15, 0.2) is 0 Å². The normalized spacial score (nSPS) is 10.9. The molecule has 0 aliphatic rings. The number of aromatic nitrogens is 1. The van der Waals surface area contributed by atoms with Crippen LogP contribution in [-0.4, -0.2) is 49.9 Å². The molecule has 0 fully saturated rings. The molecule has 0 radical (unpaired) electrons. The molecular weight excluding hydrogens is 246 g/mol. The number of thiazole rings is 1. The average Bonchev–Trinajstić information content (AvgIpc) is 2.77. The van der Waals surface area contributed by atoms with Gasteiger partial charge in [0.05, 0.1) is 10.6 Å². The number of hydrogen-bond acceptors (Lipinski definition) is 5. The Morgan fingerprint density at radius 1 is 1.28 bits per heavy atom. The lowest BCUT2D eigenvalue weighted by molar-refractivity contribution is 0.112. The van der Waals surface area contributed by atoms with E-state index in [0.29, 0.717) is 0 Å². The number of nitrogens with zero attached hydrogens (tertiary/aromatic N) is 3. The third-order valence-corrected chi connectivity index (χ3v) is 3.93. The molecule has 1 rings (SSSR count). The number of aryl methyl sites for hydroxylation is 1. The Balaban J connectivity index is 2.69. The summed E-state index contributed by atoms with van der Waals surface area (Å²) in [4.78, 5) is 20.7. The molecule has 0 amide bonds. The minimum Gasteiger partial charge on any atom is -0.348 e. The van der Waals surface area contributed by atoms with E-state index in [1.807, 2.05) is 6.92 Å². The van der Waals surface area contributed by atoms with E-state index in [0.717, 1.165) is 54.5 Å². The quantitative estimate of drug-likeness (QED) is 0.679. The van der Waals surface area contributed by atoms with Gasteiger partial charge in [-0.3, -0.25) is 4.79 Å². The highest BCUT2D eigenvalue weighted by Crippen LogP contribution is 2.25. The Morgan fingerprint density at radius 2 is 2.00 bits per heavy atom. The fraction of sp³-hybridized carbons (Fsp3) is 0.692. The van der Waals surface area contributed by atoms with Crippen LogP contribution in [0.1, 0.15) is 35.6 Å². The summed E-state index contributed by atoms with van der Waals surface area (Å²) in [7, 11) is 4.17. The lowest BCUT2D eigenvalue weighted by atomic mass is 10.3. The van der Waals surface area contributed by atoms with Crippen molar-refractivity contribution in [2.45, 2.75) is 26.7 Å². The van der Waals surface area contributed by atoms with Gasteiger partial charge in [-0.25, -0.2) is 4.98 Å². The maximum absolute atomic E-state index is 11.0. The summed E-state index contributed by atoms with van der Waals surface area (Å²) < 4.78 is 0. The standard InChI is InChI=1S/C13H23N3OS/c1-5-11-12(10-17)18-13(14-11)16(6-2)9-7-8-15(3)4/h10H,5-9H2,1-4H3. The lowest BCUT2D eigenvalue weighted by Crippen LogP contribution is -2.26. The second-order valence-electron chi connectivity index (χ2n) is 4.52. The molecule has 0 spiro atoms. The van der Waals surface area contributed by atoms with E-state index in [2.05, 4.69) is 35.8 Å². The fourth-order valence-electron chi connectivity index (χ4n) is 1.80. The van der Waals surface area contributed by atoms with Crippen LogP contribution in [0.5, 0.6) is 0 Å². The first-order chi connectivity index (χ1) is 8.62. The summed E-state index contributed by atoms with van der Waals surface area (Å²) in [5, 5.41) is 0.982. The van der Waals surface area contributed by atoms with Crippen molar-refractivity contribution in [1.29, 1.82) is 0 Å². The number of rotatable bonds is 8. The molecule has 0 aromatic carbocycles. The van der Waals surface area contributed by atoms with Gasteiger partial charge in [-0.15, -0.1) is 0 Å². The summed E-state index contributed by atoms with van der Waals surface area (Å²) in [6, 6.07) is 0. The minimum absolute atomic E-state index is 0.776. The SMILES string of the molecule is CCc1nc(N(CC)CCCN(C)C)sc1C=O. The molecule has 0 saturated heterocycles. The molecule has 102 valence electrons. The van der Waals surface area contributed by atoms with Gasteiger partial charge in [0, 0.05) is 13.1 Å². The zero-order valence-electron chi connectivity index (χ0n) is 11.8. The van der Waals surface area contributed by atoms with Gasteiger partial charge in [0.1, 0.15) is 0 Å². The molecular formula is C13H23N3OS. The van der Waals surface area contributed by atoms with Gasteiger partial charge in [-0.1, -0.05) is 18.3 Å². The lowest BCUT2D eigenvalue weighted by Gasteiger charge is -2.20. The van der Waals surface area contributed by atoms with Crippen molar-refractivity contribution in [2.24, 2.45) is 0 Å². The van der Waals surface area contributed by atoms with Crippen molar-refractivity contribution in [3.8, 4) is 0 Å². The summed E-state index contributed by atoms with van der Waals surface area (Å²) in [5.41, 5.74) is 0.927. The number of carbonyl (C=O) groups excluding carboxylic acids is 1. The van der Waals surface area contributed by atoms with E-state index >= 15 is 0 Å². The molecule has 1 aromatic rings. The van der Waals surface area contributed by atoms with Crippen molar-refractivity contribution < 1.29 is 4.79 Å². The van der Waals surface area contributed by atoms with Crippen LogP contribution < -0.4 is 4.90 Å². The Bertz CT molecular complexity index is 376. The molecule has 0 bridgehead atoms. The molecule has 0 aliphatic heterocycles. The first-order valence-electron chi connectivity index (χ1n) is 6.46. The van der Waals surface area contributed by atoms with Gasteiger partial charge in [0.2, 0.25) is 0 Å². The molecule has 1 heterocycles. The van der Waals surface area contributed by atoms with E-state index in [4.69, 9.17) is 0 Å². The van der Waals surface area contributed by atoms with Crippen LogP contribution in [0.2, 0.25) is 0 Å². The van der Waals surface area contributed by atoms with Crippen LogP contribution in [-0.2, 0) is 6.42 Å². The molecule has 0 saturated carbocycles. The first-order valence-corrected chi connectivity index (χ1v) is 7.28. The highest BCUT2D eigenvalue weighted by molar-refractivity contribution is 7.17. The molecule has 0 unspecified atom stereocenters. The predicted octanol–water partition coefficient (Wildman–Crippen LogP) is 2.30. The van der Waals surface area contributed by atoms with Crippen molar-refractivity contribution in [2.75, 3.05) is 38.6 Å². The molecule has 0 atom stereocenters. The topological polar surface area (TPSA) is 36.4 Å². The predicted molar refractivity (Wildman–Crippen MR) is 77.9 cm³/mol. The van der Waals surface area contributed by atoms with E-state index < -0.39 is 0 Å². The first kappa shape index (κ1) is 15.1. The average molecular weight is 269 g/mol. The molecule has 0 aliphatic carbocycles. The maximum Gasteiger partial charge on any atom is 0.186 e. The molecule has 5 heteroatoms. The van der Waals surface area contributed by atoms with Crippen LogP contribution in [0.4, 0.5) is 5.13 Å². The highest BCUT2D eigenvalue weighted by atomic mass is 32.1. The monoisotopic (exact) mass is 269 g/mol. The summed E-state index contributed by atoms with van der Waals surface area (Å²) >= 11 is 1.51. The minimum atomic E-state index is 0.776. The van der Waals surface area contributed by atoms with Crippen LogP contribution in [0, 0.1) is 0 Å². The fourth-order valence-corrected chi connectivity index (χ4v) is 2.86. The van der Waals surface area contributed by atoms with E-state index in [1.165, 1.54) is 11.3 Å². The van der Waals surface area contributed by atoms with Gasteiger partial charge < -0.3 is 9.80 Å². The Kier molecular flexibility index (Phi) is 6.29. The van der Waals surface area contributed by atoms with Gasteiger partial charge in [-0.05, 0) is 40.4 Å². The van der Waals surface area contributed by atoms with Gasteiger partial charge in [-0.2, -0.15) is 0 Å². The molecule has 18 heavy (non-hydrogen) atoms. The van der Waals surface area contributed by atoms with Gasteiger partial charge in [0.15, 0.2) is 11.4 Å². The second-order valence-corrected chi connectivity index (χ2v) is 5.52. The van der Waals surface area contributed by atoms with Gasteiger partial charge >= 0.3 is 0 Å². The summed E-state index contributed by atoms with van der Waals surface area (Å²) in [5.74, 6) is 0. The number of anilines is 1. The van der Waals surface area contributed by atoms with Gasteiger partial charge in [0.25, 0.3) is 0 Å². The number of carbonyl (C=O) groups is 1. The Hall–Kier alpha value is -0.940. The number of hydrogen-bond donors (Lipinski definition) is 0. The van der Waals surface area contributed by atoms with E-state index in [-0.39, 0.29) is 0 Å². The zero-order valence-corrected chi connectivity index (χ0v) is 12.6. The summed E-state index contributed by atoms with van der Waals surface area (Å²) in [6.45, 7) is 7.16. The third kappa shape index (κ3) is 4.07. The van der Waals surface area contributed by atoms with Crippen LogP contribution in [0.3, 0.4) is 0 Å². The molecule has 0 N–H and O–H groups in total. The molecule has 1 aromatic heterocycles. The van der Waals surface area contributed by atoms with Crippen molar-refractivity contribution in [1.82, 2.24) is 9.88 Å².